The molecule has 0 radical (unpaired) electrons. The summed E-state index contributed by atoms with van der Waals surface area (Å²) in [5.74, 6) is 3.55. The van der Waals surface area contributed by atoms with Crippen LogP contribution < -0.4 is 5.76 Å². The number of aryl methyl sites for hydroxylation is 1. The van der Waals surface area contributed by atoms with Gasteiger partial charge in [0.15, 0.2) is 0 Å². The van der Waals surface area contributed by atoms with Crippen LogP contribution in [0.1, 0.15) is 91.4 Å². The van der Waals surface area contributed by atoms with Gasteiger partial charge in [0, 0.05) is 6.42 Å². The van der Waals surface area contributed by atoms with Gasteiger partial charge in [0.1, 0.15) is 0 Å². The standard InChI is InChI=1S/C27H44N2O4/c1-5-17-21-14-16(30)10-12-27(21,4)20-11-13-26(3)18(7-8-19(26)23(20)24(17)31)15(2)6-9-22-28-29-25(32)33-22/h15-21,23-24,30-31H,5-14H2,1-4H3,(H,29,32)/t15-,16-,17-,18?,19?,20?,21+,23?,24?,26-,27-/m1/s1. The van der Waals surface area contributed by atoms with Crippen molar-refractivity contribution < 1.29 is 14.6 Å². The van der Waals surface area contributed by atoms with Crippen molar-refractivity contribution in [3.8, 4) is 0 Å². The summed E-state index contributed by atoms with van der Waals surface area (Å²) < 4.78 is 5.13. The fourth-order valence-corrected chi connectivity index (χ4v) is 9.85. The van der Waals surface area contributed by atoms with Gasteiger partial charge in [-0.2, -0.15) is 0 Å². The molecule has 1 aromatic heterocycles. The van der Waals surface area contributed by atoms with Gasteiger partial charge in [0.05, 0.1) is 12.2 Å². The van der Waals surface area contributed by atoms with E-state index in [0.29, 0.717) is 53.7 Å². The average Bonchev–Trinajstić information content (AvgIpc) is 3.36. The Morgan fingerprint density at radius 2 is 1.82 bits per heavy atom. The molecule has 0 aliphatic heterocycles. The summed E-state index contributed by atoms with van der Waals surface area (Å²) >= 11 is 0. The lowest BCUT2D eigenvalue weighted by atomic mass is 9.41. The quantitative estimate of drug-likeness (QED) is 0.598. The molecule has 0 aromatic carbocycles. The van der Waals surface area contributed by atoms with Gasteiger partial charge in [-0.3, -0.25) is 0 Å². The molecule has 0 amide bonds. The number of aromatic nitrogens is 2. The smallest absolute Gasteiger partial charge is 0.393 e. The monoisotopic (exact) mass is 460 g/mol. The Hall–Kier alpha value is -1.14. The van der Waals surface area contributed by atoms with Crippen LogP contribution in [0.15, 0.2) is 9.21 Å². The lowest BCUT2D eigenvalue weighted by Crippen LogP contribution is -2.62. The summed E-state index contributed by atoms with van der Waals surface area (Å²) in [6.45, 7) is 9.63. The third-order valence-corrected chi connectivity index (χ3v) is 11.4. The van der Waals surface area contributed by atoms with Crippen molar-refractivity contribution in [1.82, 2.24) is 10.2 Å². The van der Waals surface area contributed by atoms with Crippen LogP contribution >= 0.6 is 0 Å². The molecule has 3 N–H and O–H groups in total. The second kappa shape index (κ2) is 8.51. The van der Waals surface area contributed by atoms with Gasteiger partial charge in [0.2, 0.25) is 5.89 Å². The molecule has 33 heavy (non-hydrogen) atoms. The lowest BCUT2D eigenvalue weighted by molar-refractivity contribution is -0.203. The fourth-order valence-electron chi connectivity index (χ4n) is 9.85. The van der Waals surface area contributed by atoms with E-state index in [1.165, 1.54) is 25.7 Å². The number of rotatable bonds is 5. The van der Waals surface area contributed by atoms with E-state index >= 15 is 0 Å². The Morgan fingerprint density at radius 3 is 2.52 bits per heavy atom. The van der Waals surface area contributed by atoms with Gasteiger partial charge in [-0.1, -0.05) is 34.1 Å². The van der Waals surface area contributed by atoms with Crippen LogP contribution in [-0.2, 0) is 6.42 Å². The second-order valence-corrected chi connectivity index (χ2v) is 12.6. The van der Waals surface area contributed by atoms with Crippen molar-refractivity contribution in [1.29, 1.82) is 0 Å². The van der Waals surface area contributed by atoms with E-state index in [0.717, 1.165) is 32.1 Å². The zero-order valence-electron chi connectivity index (χ0n) is 20.9. The number of H-pyrrole nitrogens is 1. The molecule has 4 fully saturated rings. The molecule has 4 aliphatic rings. The van der Waals surface area contributed by atoms with E-state index in [-0.39, 0.29) is 23.0 Å². The maximum atomic E-state index is 11.8. The van der Waals surface area contributed by atoms with E-state index in [2.05, 4.69) is 37.9 Å². The first kappa shape index (κ1) is 23.6. The van der Waals surface area contributed by atoms with E-state index in [4.69, 9.17) is 4.42 Å². The summed E-state index contributed by atoms with van der Waals surface area (Å²) in [7, 11) is 0. The number of fused-ring (bicyclic) bond motifs is 5. The van der Waals surface area contributed by atoms with Gasteiger partial charge in [-0.25, -0.2) is 9.89 Å². The molecular formula is C27H44N2O4. The SMILES string of the molecule is CC[C@H]1C(O)C2C3CCC([C@H](C)CCc4n[nH]c(=O)o4)[C@@]3(C)CCC2[C@@]2(C)CC[C@@H](O)C[C@@H]12. The Kier molecular flexibility index (Phi) is 6.09. The highest BCUT2D eigenvalue weighted by atomic mass is 16.4. The van der Waals surface area contributed by atoms with Gasteiger partial charge < -0.3 is 14.6 Å². The van der Waals surface area contributed by atoms with Crippen LogP contribution in [0.4, 0.5) is 0 Å². The van der Waals surface area contributed by atoms with E-state index < -0.39 is 5.76 Å². The minimum Gasteiger partial charge on any atom is -0.393 e. The van der Waals surface area contributed by atoms with Crippen LogP contribution in [0, 0.1) is 52.3 Å². The molecule has 5 unspecified atom stereocenters. The first-order valence-corrected chi connectivity index (χ1v) is 13.6. The van der Waals surface area contributed by atoms with Crippen molar-refractivity contribution in [3.05, 3.63) is 16.4 Å². The topological polar surface area (TPSA) is 99.4 Å². The van der Waals surface area contributed by atoms with Gasteiger partial charge >= 0.3 is 5.76 Å². The first-order valence-electron chi connectivity index (χ1n) is 13.6. The summed E-state index contributed by atoms with van der Waals surface area (Å²) in [4.78, 5) is 11.3. The third kappa shape index (κ3) is 3.65. The Bertz CT molecular complexity index is 897. The third-order valence-electron chi connectivity index (χ3n) is 11.4. The number of nitrogens with zero attached hydrogens (tertiary/aromatic N) is 1. The zero-order chi connectivity index (χ0) is 23.5. The van der Waals surface area contributed by atoms with Crippen molar-refractivity contribution in [2.24, 2.45) is 52.3 Å². The summed E-state index contributed by atoms with van der Waals surface area (Å²) in [6, 6.07) is 0. The van der Waals surface area contributed by atoms with Gasteiger partial charge in [-0.05, 0) is 104 Å². The highest BCUT2D eigenvalue weighted by Gasteiger charge is 2.64. The molecule has 11 atom stereocenters. The molecule has 0 bridgehead atoms. The van der Waals surface area contributed by atoms with Gasteiger partial charge in [0.25, 0.3) is 0 Å². The number of hydrogen-bond donors (Lipinski definition) is 3. The van der Waals surface area contributed by atoms with Crippen molar-refractivity contribution in [2.45, 2.75) is 104 Å². The normalized spacial score (nSPS) is 48.1. The minimum absolute atomic E-state index is 0.189. The summed E-state index contributed by atoms with van der Waals surface area (Å²) in [5, 5.41) is 28.6. The first-order chi connectivity index (χ1) is 15.7. The highest BCUT2D eigenvalue weighted by Crippen LogP contribution is 2.69. The number of aliphatic hydroxyl groups excluding tert-OH is 2. The molecule has 4 aliphatic carbocycles. The molecule has 1 heterocycles. The molecule has 0 saturated heterocycles. The molecule has 186 valence electrons. The lowest BCUT2D eigenvalue weighted by Gasteiger charge is -2.64. The number of aromatic amines is 1. The average molecular weight is 461 g/mol. The van der Waals surface area contributed by atoms with Crippen LogP contribution in [0.25, 0.3) is 0 Å². The molecule has 0 spiro atoms. The second-order valence-electron chi connectivity index (χ2n) is 12.6. The Labute approximate surface area is 197 Å². The maximum Gasteiger partial charge on any atom is 0.434 e. The number of nitrogens with one attached hydrogen (secondary N) is 1. The van der Waals surface area contributed by atoms with Crippen LogP contribution in [0.5, 0.6) is 0 Å². The number of hydrogen-bond acceptors (Lipinski definition) is 5. The molecule has 6 heteroatoms. The van der Waals surface area contributed by atoms with Crippen molar-refractivity contribution in [3.63, 3.8) is 0 Å². The maximum absolute atomic E-state index is 11.8. The molecule has 1 aromatic rings. The predicted octanol–water partition coefficient (Wildman–Crippen LogP) is 4.56. The summed E-state index contributed by atoms with van der Waals surface area (Å²) in [5.41, 5.74) is 0.524. The fraction of sp³-hybridized carbons (Fsp3) is 0.926. The van der Waals surface area contributed by atoms with Crippen LogP contribution in [0.2, 0.25) is 0 Å². The van der Waals surface area contributed by atoms with E-state index in [9.17, 15) is 15.0 Å². The number of aliphatic hydroxyl groups is 2. The highest BCUT2D eigenvalue weighted by molar-refractivity contribution is 5.13. The van der Waals surface area contributed by atoms with E-state index in [1.807, 2.05) is 0 Å². The van der Waals surface area contributed by atoms with Crippen molar-refractivity contribution >= 4 is 0 Å². The minimum atomic E-state index is -0.470. The Morgan fingerprint density at radius 1 is 1.09 bits per heavy atom. The molecule has 4 saturated carbocycles. The summed E-state index contributed by atoms with van der Waals surface area (Å²) in [6.07, 6.45) is 10.1. The molecular weight excluding hydrogens is 416 g/mol. The van der Waals surface area contributed by atoms with E-state index in [1.54, 1.807) is 0 Å². The van der Waals surface area contributed by atoms with Crippen LogP contribution in [0.3, 0.4) is 0 Å². The zero-order valence-corrected chi connectivity index (χ0v) is 20.9. The molecule has 5 rings (SSSR count). The Balaban J connectivity index is 1.37. The van der Waals surface area contributed by atoms with Gasteiger partial charge in [-0.15, -0.1) is 5.10 Å². The predicted molar refractivity (Wildman–Crippen MR) is 126 cm³/mol. The molecule has 6 nitrogen and oxygen atoms in total. The van der Waals surface area contributed by atoms with Crippen LogP contribution in [-0.4, -0.2) is 32.6 Å². The van der Waals surface area contributed by atoms with Crippen molar-refractivity contribution in [2.75, 3.05) is 0 Å². The largest absolute Gasteiger partial charge is 0.434 e.